The summed E-state index contributed by atoms with van der Waals surface area (Å²) in [5, 5.41) is 0. The number of anilines is 2. The van der Waals surface area contributed by atoms with E-state index in [1.54, 1.807) is 0 Å². The summed E-state index contributed by atoms with van der Waals surface area (Å²) >= 11 is 0. The molecule has 2 heteroatoms. The monoisotopic (exact) mass is 232 g/mol. The van der Waals surface area contributed by atoms with E-state index < -0.39 is 0 Å². The standard InChI is InChI=1S/C15H24N2/c1-3-12-6-4-8-14(10-12)17(2)15-9-5-7-13(16)11-15/h5,7,9,11-12,14H,3-4,6,8,10,16H2,1-2H3. The molecule has 0 aliphatic heterocycles. The molecule has 1 aliphatic carbocycles. The molecular weight excluding hydrogens is 208 g/mol. The fraction of sp³-hybridized carbons (Fsp3) is 0.600. The second-order valence-electron chi connectivity index (χ2n) is 5.30. The zero-order chi connectivity index (χ0) is 12.3. The lowest BCUT2D eigenvalue weighted by Gasteiger charge is -2.36. The van der Waals surface area contributed by atoms with E-state index in [9.17, 15) is 0 Å². The Bertz CT molecular complexity index is 362. The minimum Gasteiger partial charge on any atom is -0.399 e. The smallest absolute Gasteiger partial charge is 0.0386 e. The van der Waals surface area contributed by atoms with Crippen LogP contribution in [-0.2, 0) is 0 Å². The molecule has 1 aliphatic rings. The van der Waals surface area contributed by atoms with Gasteiger partial charge in [-0.3, -0.25) is 0 Å². The number of hydrogen-bond acceptors (Lipinski definition) is 2. The maximum atomic E-state index is 5.85. The Morgan fingerprint density at radius 2 is 2.18 bits per heavy atom. The summed E-state index contributed by atoms with van der Waals surface area (Å²) in [6, 6.07) is 8.92. The first-order valence-electron chi connectivity index (χ1n) is 6.79. The number of nitrogens with zero attached hydrogens (tertiary/aromatic N) is 1. The summed E-state index contributed by atoms with van der Waals surface area (Å²) in [4.78, 5) is 2.41. The van der Waals surface area contributed by atoms with Crippen LogP contribution in [0, 0.1) is 5.92 Å². The van der Waals surface area contributed by atoms with Crippen LogP contribution in [0.2, 0.25) is 0 Å². The molecule has 0 heterocycles. The summed E-state index contributed by atoms with van der Waals surface area (Å²) in [5.41, 5.74) is 7.97. The second kappa shape index (κ2) is 5.44. The molecule has 1 aromatic rings. The van der Waals surface area contributed by atoms with Gasteiger partial charge in [0.2, 0.25) is 0 Å². The number of benzene rings is 1. The Morgan fingerprint density at radius 3 is 2.88 bits per heavy atom. The van der Waals surface area contributed by atoms with Gasteiger partial charge in [0.05, 0.1) is 0 Å². The van der Waals surface area contributed by atoms with Crippen molar-refractivity contribution in [2.45, 2.75) is 45.1 Å². The third-order valence-electron chi connectivity index (χ3n) is 4.16. The van der Waals surface area contributed by atoms with Crippen LogP contribution in [0.15, 0.2) is 24.3 Å². The Hall–Kier alpha value is -1.18. The lowest BCUT2D eigenvalue weighted by atomic mass is 9.83. The number of nitrogens with two attached hydrogens (primary N) is 1. The SMILES string of the molecule is CCC1CCCC(N(C)c2cccc(N)c2)C1. The van der Waals surface area contributed by atoms with Crippen LogP contribution in [0.4, 0.5) is 11.4 Å². The van der Waals surface area contributed by atoms with Gasteiger partial charge >= 0.3 is 0 Å². The van der Waals surface area contributed by atoms with Gasteiger partial charge in [-0.1, -0.05) is 32.3 Å². The van der Waals surface area contributed by atoms with E-state index in [2.05, 4.69) is 31.0 Å². The van der Waals surface area contributed by atoms with Gasteiger partial charge in [0.25, 0.3) is 0 Å². The average Bonchev–Trinajstić information content (AvgIpc) is 2.38. The zero-order valence-electron chi connectivity index (χ0n) is 11.0. The van der Waals surface area contributed by atoms with Gasteiger partial charge in [-0.25, -0.2) is 0 Å². The van der Waals surface area contributed by atoms with Crippen LogP contribution >= 0.6 is 0 Å². The maximum Gasteiger partial charge on any atom is 0.0386 e. The Morgan fingerprint density at radius 1 is 1.35 bits per heavy atom. The molecule has 2 atom stereocenters. The van der Waals surface area contributed by atoms with E-state index in [1.807, 2.05) is 12.1 Å². The quantitative estimate of drug-likeness (QED) is 0.806. The maximum absolute atomic E-state index is 5.85. The first-order chi connectivity index (χ1) is 8.20. The average molecular weight is 232 g/mol. The topological polar surface area (TPSA) is 29.3 Å². The fourth-order valence-electron chi connectivity index (χ4n) is 2.94. The molecule has 0 saturated heterocycles. The largest absolute Gasteiger partial charge is 0.399 e. The van der Waals surface area contributed by atoms with E-state index in [1.165, 1.54) is 37.8 Å². The minimum absolute atomic E-state index is 0.690. The van der Waals surface area contributed by atoms with Crippen LogP contribution in [0.5, 0.6) is 0 Å². The highest BCUT2D eigenvalue weighted by molar-refractivity contribution is 5.56. The van der Waals surface area contributed by atoms with Crippen molar-refractivity contribution >= 4 is 11.4 Å². The highest BCUT2D eigenvalue weighted by Crippen LogP contribution is 2.31. The second-order valence-corrected chi connectivity index (χ2v) is 5.30. The molecule has 0 radical (unpaired) electrons. The number of nitrogen functional groups attached to an aromatic ring is 1. The van der Waals surface area contributed by atoms with Crippen LogP contribution in [0.1, 0.15) is 39.0 Å². The van der Waals surface area contributed by atoms with E-state index >= 15 is 0 Å². The molecule has 1 aromatic carbocycles. The van der Waals surface area contributed by atoms with Crippen molar-refractivity contribution < 1.29 is 0 Å². The van der Waals surface area contributed by atoms with Crippen LogP contribution in [0.25, 0.3) is 0 Å². The molecule has 0 spiro atoms. The van der Waals surface area contributed by atoms with Gasteiger partial charge in [-0.2, -0.15) is 0 Å². The third-order valence-corrected chi connectivity index (χ3v) is 4.16. The van der Waals surface area contributed by atoms with Gasteiger partial charge in [-0.05, 0) is 37.0 Å². The van der Waals surface area contributed by atoms with Crippen molar-refractivity contribution in [3.05, 3.63) is 24.3 Å². The normalized spacial score (nSPS) is 24.6. The molecule has 94 valence electrons. The summed E-state index contributed by atoms with van der Waals surface area (Å²) in [6.07, 6.45) is 6.76. The van der Waals surface area contributed by atoms with E-state index in [-0.39, 0.29) is 0 Å². The molecule has 1 saturated carbocycles. The number of hydrogen-bond donors (Lipinski definition) is 1. The highest BCUT2D eigenvalue weighted by atomic mass is 15.1. The fourth-order valence-corrected chi connectivity index (χ4v) is 2.94. The van der Waals surface area contributed by atoms with Gasteiger partial charge in [-0.15, -0.1) is 0 Å². The van der Waals surface area contributed by atoms with E-state index in [4.69, 9.17) is 5.73 Å². The first kappa shape index (κ1) is 12.3. The van der Waals surface area contributed by atoms with Crippen molar-refractivity contribution in [3.63, 3.8) is 0 Å². The molecule has 0 bridgehead atoms. The molecule has 17 heavy (non-hydrogen) atoms. The van der Waals surface area contributed by atoms with E-state index in [0.717, 1.165) is 11.6 Å². The lowest BCUT2D eigenvalue weighted by Crippen LogP contribution is -2.36. The molecule has 2 N–H and O–H groups in total. The van der Waals surface area contributed by atoms with Gasteiger partial charge < -0.3 is 10.6 Å². The minimum atomic E-state index is 0.690. The van der Waals surface area contributed by atoms with E-state index in [0.29, 0.717) is 6.04 Å². The lowest BCUT2D eigenvalue weighted by molar-refractivity contribution is 0.309. The summed E-state index contributed by atoms with van der Waals surface area (Å²) < 4.78 is 0. The Balaban J connectivity index is 2.06. The summed E-state index contributed by atoms with van der Waals surface area (Å²) in [5.74, 6) is 0.914. The van der Waals surface area contributed by atoms with Crippen LogP contribution < -0.4 is 10.6 Å². The molecule has 2 nitrogen and oxygen atoms in total. The van der Waals surface area contributed by atoms with Crippen molar-refractivity contribution in [3.8, 4) is 0 Å². The predicted molar refractivity (Wildman–Crippen MR) is 75.3 cm³/mol. The van der Waals surface area contributed by atoms with Crippen molar-refractivity contribution in [2.24, 2.45) is 5.92 Å². The summed E-state index contributed by atoms with van der Waals surface area (Å²) in [6.45, 7) is 2.31. The van der Waals surface area contributed by atoms with Gasteiger partial charge in [0.15, 0.2) is 0 Å². The molecular formula is C15H24N2. The third kappa shape index (κ3) is 2.93. The predicted octanol–water partition coefficient (Wildman–Crippen LogP) is 3.67. The van der Waals surface area contributed by atoms with Gasteiger partial charge in [0, 0.05) is 24.5 Å². The zero-order valence-corrected chi connectivity index (χ0v) is 11.0. The van der Waals surface area contributed by atoms with Gasteiger partial charge in [0.1, 0.15) is 0 Å². The molecule has 1 fully saturated rings. The van der Waals surface area contributed by atoms with Crippen LogP contribution in [-0.4, -0.2) is 13.1 Å². The van der Waals surface area contributed by atoms with Crippen molar-refractivity contribution in [2.75, 3.05) is 17.7 Å². The molecule has 0 aromatic heterocycles. The van der Waals surface area contributed by atoms with Crippen molar-refractivity contribution in [1.82, 2.24) is 0 Å². The first-order valence-corrected chi connectivity index (χ1v) is 6.79. The highest BCUT2D eigenvalue weighted by Gasteiger charge is 2.23. The summed E-state index contributed by atoms with van der Waals surface area (Å²) in [7, 11) is 2.21. The Kier molecular flexibility index (Phi) is 3.93. The molecule has 2 rings (SSSR count). The Labute approximate surface area is 105 Å². The number of rotatable bonds is 3. The van der Waals surface area contributed by atoms with Crippen molar-refractivity contribution in [1.29, 1.82) is 0 Å². The molecule has 0 amide bonds. The van der Waals surface area contributed by atoms with Crippen LogP contribution in [0.3, 0.4) is 0 Å². The molecule has 2 unspecified atom stereocenters.